The van der Waals surface area contributed by atoms with E-state index in [2.05, 4.69) is 0 Å². The Bertz CT molecular complexity index is 1190. The van der Waals surface area contributed by atoms with Crippen LogP contribution < -0.4 is 5.73 Å². The molecule has 0 saturated heterocycles. The van der Waals surface area contributed by atoms with Crippen LogP contribution in [0.15, 0.2) is 59.6 Å². The fourth-order valence-electron chi connectivity index (χ4n) is 3.98. The Morgan fingerprint density at radius 3 is 2.28 bits per heavy atom. The largest absolute Gasteiger partial charge is 0.366 e. The van der Waals surface area contributed by atoms with Crippen molar-refractivity contribution in [1.29, 1.82) is 0 Å². The number of benzene rings is 2. The monoisotopic (exact) mass is 447 g/mol. The molecule has 2 aromatic carbocycles. The Morgan fingerprint density at radius 1 is 1.00 bits per heavy atom. The molecule has 0 spiro atoms. The van der Waals surface area contributed by atoms with Gasteiger partial charge in [-0.1, -0.05) is 42.1 Å². The summed E-state index contributed by atoms with van der Waals surface area (Å²) in [4.78, 5) is 40.2. The molecule has 1 aliphatic carbocycles. The van der Waals surface area contributed by atoms with E-state index in [0.29, 0.717) is 16.2 Å². The van der Waals surface area contributed by atoms with Gasteiger partial charge in [-0.2, -0.15) is 0 Å². The number of ketones is 1. The number of pyridine rings is 1. The lowest BCUT2D eigenvalue weighted by atomic mass is 9.86. The number of non-ortho nitro benzene ring substituents is 1. The molecular weight excluding hydrogens is 426 g/mol. The van der Waals surface area contributed by atoms with E-state index in [1.54, 1.807) is 0 Å². The maximum atomic E-state index is 12.7. The van der Waals surface area contributed by atoms with Crippen molar-refractivity contribution in [2.45, 2.75) is 30.7 Å². The molecule has 0 radical (unpaired) electrons. The van der Waals surface area contributed by atoms with E-state index in [4.69, 9.17) is 10.7 Å². The zero-order chi connectivity index (χ0) is 22.7. The second kappa shape index (κ2) is 9.32. The summed E-state index contributed by atoms with van der Waals surface area (Å²) < 4.78 is 0. The maximum absolute atomic E-state index is 12.7. The number of hydrogen-bond donors (Lipinski definition) is 1. The quantitative estimate of drug-likeness (QED) is 0.245. The number of rotatable bonds is 7. The first-order chi connectivity index (χ1) is 15.5. The van der Waals surface area contributed by atoms with Crippen LogP contribution in [0, 0.1) is 10.1 Å². The highest BCUT2D eigenvalue weighted by molar-refractivity contribution is 8.00. The summed E-state index contributed by atoms with van der Waals surface area (Å²) in [6.07, 6.45) is 3.58. The summed E-state index contributed by atoms with van der Waals surface area (Å²) in [5.74, 6) is -0.709. The Kier molecular flexibility index (Phi) is 6.32. The van der Waals surface area contributed by atoms with Crippen LogP contribution in [0.5, 0.6) is 0 Å². The number of carbonyl (C=O) groups excluding carboxylic acids is 2. The molecule has 0 unspecified atom stereocenters. The number of carbonyl (C=O) groups is 2. The predicted octanol–water partition coefficient (Wildman–Crippen LogP) is 4.61. The zero-order valence-electron chi connectivity index (χ0n) is 17.2. The fourth-order valence-corrected chi connectivity index (χ4v) is 4.93. The minimum atomic E-state index is -0.541. The Labute approximate surface area is 189 Å². The molecule has 1 heterocycles. The fraction of sp³-hybridized carbons (Fsp3) is 0.208. The van der Waals surface area contributed by atoms with Gasteiger partial charge in [0.05, 0.1) is 21.9 Å². The van der Waals surface area contributed by atoms with Crippen molar-refractivity contribution in [3.8, 4) is 11.3 Å². The lowest BCUT2D eigenvalue weighted by Crippen LogP contribution is -2.21. The van der Waals surface area contributed by atoms with E-state index in [0.717, 1.165) is 48.1 Å². The molecule has 4 rings (SSSR count). The number of nitrogens with two attached hydrogens (primary N) is 1. The molecule has 3 aromatic rings. The summed E-state index contributed by atoms with van der Waals surface area (Å²) in [7, 11) is 0. The second-order valence-electron chi connectivity index (χ2n) is 7.55. The van der Waals surface area contributed by atoms with Gasteiger partial charge in [0, 0.05) is 23.3 Å². The molecule has 0 saturated carbocycles. The summed E-state index contributed by atoms with van der Waals surface area (Å²) in [6, 6.07) is 15.3. The minimum absolute atomic E-state index is 0.0398. The average molecular weight is 448 g/mol. The van der Waals surface area contributed by atoms with Crippen molar-refractivity contribution >= 4 is 29.1 Å². The van der Waals surface area contributed by atoms with Gasteiger partial charge < -0.3 is 5.73 Å². The zero-order valence-corrected chi connectivity index (χ0v) is 18.1. The van der Waals surface area contributed by atoms with Crippen molar-refractivity contribution < 1.29 is 14.5 Å². The number of amides is 1. The molecule has 2 N–H and O–H groups in total. The third-order valence-corrected chi connectivity index (χ3v) is 6.49. The molecule has 0 fully saturated rings. The van der Waals surface area contributed by atoms with Crippen LogP contribution in [0.4, 0.5) is 5.69 Å². The van der Waals surface area contributed by atoms with Crippen molar-refractivity contribution in [3.63, 3.8) is 0 Å². The molecule has 162 valence electrons. The topological polar surface area (TPSA) is 116 Å². The number of primary amides is 1. The van der Waals surface area contributed by atoms with Crippen molar-refractivity contribution in [1.82, 2.24) is 4.98 Å². The van der Waals surface area contributed by atoms with Gasteiger partial charge in [0.15, 0.2) is 5.78 Å². The molecule has 7 nitrogen and oxygen atoms in total. The molecule has 1 aromatic heterocycles. The average Bonchev–Trinajstić information content (AvgIpc) is 2.82. The first-order valence-electron chi connectivity index (χ1n) is 10.3. The first kappa shape index (κ1) is 21.7. The summed E-state index contributed by atoms with van der Waals surface area (Å²) in [5, 5.41) is 11.3. The van der Waals surface area contributed by atoms with Gasteiger partial charge in [-0.3, -0.25) is 19.7 Å². The molecule has 32 heavy (non-hydrogen) atoms. The van der Waals surface area contributed by atoms with Crippen molar-refractivity contribution in [2.75, 3.05) is 5.75 Å². The number of thioether (sulfide) groups is 1. The van der Waals surface area contributed by atoms with Gasteiger partial charge in [0.2, 0.25) is 0 Å². The number of aromatic nitrogens is 1. The SMILES string of the molecule is NC(=O)c1c(SCC(=O)c2ccc([N+](=O)[O-])cc2)nc(-c2ccccc2)c2c1CCCC2. The van der Waals surface area contributed by atoms with E-state index in [-0.39, 0.29) is 17.2 Å². The number of nitrogens with zero attached hydrogens (tertiary/aromatic N) is 2. The van der Waals surface area contributed by atoms with Crippen LogP contribution in [0.1, 0.15) is 44.7 Å². The minimum Gasteiger partial charge on any atom is -0.366 e. The van der Waals surface area contributed by atoms with Gasteiger partial charge in [-0.05, 0) is 48.9 Å². The first-order valence-corrected chi connectivity index (χ1v) is 11.3. The second-order valence-corrected chi connectivity index (χ2v) is 8.51. The van der Waals surface area contributed by atoms with Crippen molar-refractivity contribution in [2.24, 2.45) is 5.73 Å². The molecule has 0 atom stereocenters. The third-order valence-electron chi connectivity index (χ3n) is 5.52. The Hall–Kier alpha value is -3.52. The number of fused-ring (bicyclic) bond motifs is 1. The van der Waals surface area contributed by atoms with Gasteiger partial charge in [-0.15, -0.1) is 0 Å². The van der Waals surface area contributed by atoms with Gasteiger partial charge in [0.25, 0.3) is 11.6 Å². The number of Topliss-reactive ketones (excluding diaryl/α,β-unsaturated/α-hetero) is 1. The highest BCUT2D eigenvalue weighted by Gasteiger charge is 2.26. The van der Waals surface area contributed by atoms with Crippen LogP contribution in [0.25, 0.3) is 11.3 Å². The van der Waals surface area contributed by atoms with E-state index < -0.39 is 10.8 Å². The summed E-state index contributed by atoms with van der Waals surface area (Å²) in [6.45, 7) is 0. The van der Waals surface area contributed by atoms with E-state index in [1.807, 2.05) is 30.3 Å². The summed E-state index contributed by atoms with van der Waals surface area (Å²) >= 11 is 1.18. The predicted molar refractivity (Wildman–Crippen MR) is 123 cm³/mol. The number of hydrogen-bond acceptors (Lipinski definition) is 6. The molecular formula is C24H21N3O4S. The smallest absolute Gasteiger partial charge is 0.269 e. The molecule has 0 bridgehead atoms. The third kappa shape index (κ3) is 4.40. The lowest BCUT2D eigenvalue weighted by molar-refractivity contribution is -0.384. The van der Waals surface area contributed by atoms with Gasteiger partial charge in [0.1, 0.15) is 5.03 Å². The number of nitro benzene ring substituents is 1. The van der Waals surface area contributed by atoms with Crippen molar-refractivity contribution in [3.05, 3.63) is 87.0 Å². The molecule has 1 amide bonds. The van der Waals surface area contributed by atoms with Crippen LogP contribution in [0.3, 0.4) is 0 Å². The van der Waals surface area contributed by atoms with Crippen LogP contribution in [-0.4, -0.2) is 27.4 Å². The van der Waals surface area contributed by atoms with Gasteiger partial charge in [-0.25, -0.2) is 4.98 Å². The standard InChI is InChI=1S/C24H21N3O4S/c25-23(29)21-18-8-4-5-9-19(18)22(16-6-2-1-3-7-16)26-24(21)32-14-20(28)15-10-12-17(13-11-15)27(30)31/h1-3,6-7,10-13H,4-5,8-9,14H2,(H2,25,29). The van der Waals surface area contributed by atoms with E-state index in [9.17, 15) is 19.7 Å². The molecule has 1 aliphatic rings. The lowest BCUT2D eigenvalue weighted by Gasteiger charge is -2.23. The highest BCUT2D eigenvalue weighted by Crippen LogP contribution is 2.37. The Balaban J connectivity index is 1.69. The normalized spacial score (nSPS) is 12.8. The summed E-state index contributed by atoms with van der Waals surface area (Å²) in [5.41, 5.74) is 10.2. The maximum Gasteiger partial charge on any atom is 0.269 e. The van der Waals surface area contributed by atoms with Crippen LogP contribution in [-0.2, 0) is 12.8 Å². The van der Waals surface area contributed by atoms with Crippen LogP contribution in [0.2, 0.25) is 0 Å². The van der Waals surface area contributed by atoms with E-state index >= 15 is 0 Å². The Morgan fingerprint density at radius 2 is 1.66 bits per heavy atom. The number of nitro groups is 1. The molecule has 0 aliphatic heterocycles. The van der Waals surface area contributed by atoms with Crippen LogP contribution >= 0.6 is 11.8 Å². The van der Waals surface area contributed by atoms with E-state index in [1.165, 1.54) is 36.0 Å². The van der Waals surface area contributed by atoms with Gasteiger partial charge >= 0.3 is 0 Å². The molecule has 8 heteroatoms. The highest BCUT2D eigenvalue weighted by atomic mass is 32.2.